The van der Waals surface area contributed by atoms with Crippen molar-refractivity contribution in [3.8, 4) is 5.75 Å². The van der Waals surface area contributed by atoms with Gasteiger partial charge in [-0.3, -0.25) is 9.59 Å². The molecule has 0 radical (unpaired) electrons. The van der Waals surface area contributed by atoms with E-state index in [2.05, 4.69) is 29.6 Å². The summed E-state index contributed by atoms with van der Waals surface area (Å²) in [5.74, 6) is 0.0609. The highest BCUT2D eigenvalue weighted by Gasteiger charge is 2.11. The number of nitrogens with one attached hydrogen (secondary N) is 1. The first-order valence-corrected chi connectivity index (χ1v) is 9.00. The molecule has 3 N–H and O–H groups in total. The van der Waals surface area contributed by atoms with Crippen LogP contribution in [0.1, 0.15) is 15.9 Å². The maximum atomic E-state index is 11.8. The van der Waals surface area contributed by atoms with Crippen molar-refractivity contribution in [2.75, 3.05) is 18.9 Å². The topological polar surface area (TPSA) is 81.4 Å². The number of hydrogen-bond acceptors (Lipinski definition) is 4. The van der Waals surface area contributed by atoms with Gasteiger partial charge in [0.05, 0.1) is 5.56 Å². The molecule has 7 heteroatoms. The standard InChI is InChI=1S/C18H19ClN2O3S/c1-12-2-5-14(6-3-12)25-9-8-21-17(22)11-24-16-7-4-13(19)10-15(16)18(20)23/h2-7,10H,8-9,11H2,1H3,(H2,20,23)(H,21,22). The van der Waals surface area contributed by atoms with E-state index in [0.29, 0.717) is 11.6 Å². The molecule has 0 atom stereocenters. The highest BCUT2D eigenvalue weighted by atomic mass is 35.5. The lowest BCUT2D eigenvalue weighted by Crippen LogP contribution is -2.31. The number of carbonyl (C=O) groups is 2. The lowest BCUT2D eigenvalue weighted by molar-refractivity contribution is -0.122. The number of ether oxygens (including phenoxy) is 1. The minimum Gasteiger partial charge on any atom is -0.483 e. The smallest absolute Gasteiger partial charge is 0.257 e. The molecule has 132 valence electrons. The van der Waals surface area contributed by atoms with Gasteiger partial charge in [-0.2, -0.15) is 0 Å². The number of thioether (sulfide) groups is 1. The van der Waals surface area contributed by atoms with Crippen LogP contribution in [0.5, 0.6) is 5.75 Å². The van der Waals surface area contributed by atoms with Gasteiger partial charge in [-0.05, 0) is 37.3 Å². The van der Waals surface area contributed by atoms with Crippen molar-refractivity contribution in [3.63, 3.8) is 0 Å². The first-order valence-electron chi connectivity index (χ1n) is 7.64. The molecular weight excluding hydrogens is 360 g/mol. The summed E-state index contributed by atoms with van der Waals surface area (Å²) in [7, 11) is 0. The molecule has 0 aliphatic rings. The Bertz CT molecular complexity index is 750. The minimum atomic E-state index is -0.660. The third kappa shape index (κ3) is 6.32. The Balaban J connectivity index is 1.74. The second-order valence-electron chi connectivity index (χ2n) is 5.30. The zero-order valence-corrected chi connectivity index (χ0v) is 15.3. The molecule has 2 aromatic rings. The van der Waals surface area contributed by atoms with Crippen LogP contribution in [0.15, 0.2) is 47.4 Å². The fraction of sp³-hybridized carbons (Fsp3) is 0.222. The molecule has 0 saturated carbocycles. The second kappa shape index (κ2) is 9.34. The number of primary amides is 1. The van der Waals surface area contributed by atoms with Gasteiger partial charge < -0.3 is 15.8 Å². The molecule has 5 nitrogen and oxygen atoms in total. The number of carbonyl (C=O) groups excluding carboxylic acids is 2. The SMILES string of the molecule is Cc1ccc(SCCNC(=O)COc2ccc(Cl)cc2C(N)=O)cc1. The molecule has 0 saturated heterocycles. The fourth-order valence-electron chi connectivity index (χ4n) is 2.01. The highest BCUT2D eigenvalue weighted by molar-refractivity contribution is 7.99. The predicted molar refractivity (Wildman–Crippen MR) is 100 cm³/mol. The van der Waals surface area contributed by atoms with E-state index in [9.17, 15) is 9.59 Å². The number of amides is 2. The average Bonchev–Trinajstić information content (AvgIpc) is 2.59. The number of hydrogen-bond donors (Lipinski definition) is 2. The minimum absolute atomic E-state index is 0.148. The Labute approximate surface area is 155 Å². The van der Waals surface area contributed by atoms with Gasteiger partial charge in [-0.25, -0.2) is 0 Å². The number of nitrogens with two attached hydrogens (primary N) is 1. The number of halogens is 1. The van der Waals surface area contributed by atoms with Crippen LogP contribution in [0.2, 0.25) is 5.02 Å². The largest absolute Gasteiger partial charge is 0.483 e. The average molecular weight is 379 g/mol. The van der Waals surface area contributed by atoms with Crippen LogP contribution in [0.25, 0.3) is 0 Å². The van der Waals surface area contributed by atoms with Gasteiger partial charge in [0, 0.05) is 22.2 Å². The fourth-order valence-corrected chi connectivity index (χ4v) is 2.95. The van der Waals surface area contributed by atoms with E-state index >= 15 is 0 Å². The third-order valence-corrected chi connectivity index (χ3v) is 4.53. The highest BCUT2D eigenvalue weighted by Crippen LogP contribution is 2.22. The Morgan fingerprint density at radius 1 is 1.20 bits per heavy atom. The summed E-state index contributed by atoms with van der Waals surface area (Å²) in [6.07, 6.45) is 0. The van der Waals surface area contributed by atoms with Crippen LogP contribution in [-0.4, -0.2) is 30.7 Å². The summed E-state index contributed by atoms with van der Waals surface area (Å²) in [6, 6.07) is 12.7. The van der Waals surface area contributed by atoms with E-state index in [1.165, 1.54) is 17.7 Å². The second-order valence-corrected chi connectivity index (χ2v) is 6.91. The zero-order chi connectivity index (χ0) is 18.2. The van der Waals surface area contributed by atoms with Crippen molar-refractivity contribution in [2.45, 2.75) is 11.8 Å². The summed E-state index contributed by atoms with van der Waals surface area (Å²) in [6.45, 7) is 2.36. The van der Waals surface area contributed by atoms with Gasteiger partial charge in [0.2, 0.25) is 0 Å². The lowest BCUT2D eigenvalue weighted by atomic mass is 10.2. The van der Waals surface area contributed by atoms with Gasteiger partial charge in [0.25, 0.3) is 11.8 Å². The van der Waals surface area contributed by atoms with Crippen molar-refractivity contribution in [1.82, 2.24) is 5.32 Å². The van der Waals surface area contributed by atoms with E-state index in [4.69, 9.17) is 22.1 Å². The number of benzene rings is 2. The molecule has 0 fully saturated rings. The van der Waals surface area contributed by atoms with Crippen LogP contribution in [0.3, 0.4) is 0 Å². The lowest BCUT2D eigenvalue weighted by Gasteiger charge is -2.10. The molecular formula is C18H19ClN2O3S. The van der Waals surface area contributed by atoms with Gasteiger partial charge in [0.15, 0.2) is 6.61 Å². The predicted octanol–water partition coefficient (Wildman–Crippen LogP) is 3.03. The molecule has 0 spiro atoms. The summed E-state index contributed by atoms with van der Waals surface area (Å²) in [5, 5.41) is 3.14. The Morgan fingerprint density at radius 3 is 2.60 bits per heavy atom. The summed E-state index contributed by atoms with van der Waals surface area (Å²) >= 11 is 7.48. The van der Waals surface area contributed by atoms with Crippen molar-refractivity contribution >= 4 is 35.2 Å². The number of aryl methyl sites for hydroxylation is 1. The van der Waals surface area contributed by atoms with Crippen LogP contribution in [-0.2, 0) is 4.79 Å². The van der Waals surface area contributed by atoms with Gasteiger partial charge in [-0.15, -0.1) is 11.8 Å². The maximum absolute atomic E-state index is 11.8. The van der Waals surface area contributed by atoms with Crippen LogP contribution >= 0.6 is 23.4 Å². The Hall–Kier alpha value is -2.18. The monoisotopic (exact) mass is 378 g/mol. The normalized spacial score (nSPS) is 10.3. The molecule has 0 aromatic heterocycles. The third-order valence-electron chi connectivity index (χ3n) is 3.28. The molecule has 0 aliphatic carbocycles. The summed E-state index contributed by atoms with van der Waals surface area (Å²) in [5.41, 5.74) is 6.64. The Kier molecular flexibility index (Phi) is 7.16. The molecule has 25 heavy (non-hydrogen) atoms. The van der Waals surface area contributed by atoms with E-state index in [1.807, 2.05) is 6.92 Å². The summed E-state index contributed by atoms with van der Waals surface area (Å²) < 4.78 is 5.37. The zero-order valence-electron chi connectivity index (χ0n) is 13.8. The van der Waals surface area contributed by atoms with Gasteiger partial charge in [0.1, 0.15) is 5.75 Å². The van der Waals surface area contributed by atoms with Crippen LogP contribution in [0, 0.1) is 6.92 Å². The number of rotatable bonds is 8. The first-order chi connectivity index (χ1) is 12.0. The maximum Gasteiger partial charge on any atom is 0.257 e. The molecule has 2 amide bonds. The molecule has 2 aromatic carbocycles. The van der Waals surface area contributed by atoms with Crippen molar-refractivity contribution in [1.29, 1.82) is 0 Å². The molecule has 0 heterocycles. The van der Waals surface area contributed by atoms with E-state index in [1.54, 1.807) is 17.8 Å². The molecule has 0 bridgehead atoms. The van der Waals surface area contributed by atoms with Crippen molar-refractivity contribution in [2.24, 2.45) is 5.73 Å². The van der Waals surface area contributed by atoms with E-state index < -0.39 is 5.91 Å². The van der Waals surface area contributed by atoms with Crippen LogP contribution in [0.4, 0.5) is 0 Å². The van der Waals surface area contributed by atoms with Gasteiger partial charge >= 0.3 is 0 Å². The molecule has 0 aliphatic heterocycles. The molecule has 0 unspecified atom stereocenters. The van der Waals surface area contributed by atoms with E-state index in [0.717, 1.165) is 10.6 Å². The van der Waals surface area contributed by atoms with E-state index in [-0.39, 0.29) is 23.8 Å². The van der Waals surface area contributed by atoms with Gasteiger partial charge in [-0.1, -0.05) is 29.3 Å². The summed E-state index contributed by atoms with van der Waals surface area (Å²) in [4.78, 5) is 24.4. The van der Waals surface area contributed by atoms with Crippen molar-refractivity contribution < 1.29 is 14.3 Å². The van der Waals surface area contributed by atoms with Crippen LogP contribution < -0.4 is 15.8 Å². The Morgan fingerprint density at radius 2 is 1.92 bits per heavy atom. The first kappa shape index (κ1) is 19.1. The quantitative estimate of drug-likeness (QED) is 0.546. The van der Waals surface area contributed by atoms with Crippen molar-refractivity contribution in [3.05, 3.63) is 58.6 Å². The molecule has 2 rings (SSSR count).